The molecule has 3 rings (SSSR count). The number of nitro groups is 1. The summed E-state index contributed by atoms with van der Waals surface area (Å²) in [5, 5.41) is 22.0. The minimum Gasteiger partial charge on any atom is -0.457 e. The molecule has 2 aromatic carbocycles. The molecule has 0 bridgehead atoms. The van der Waals surface area contributed by atoms with Gasteiger partial charge in [0.05, 0.1) is 12.5 Å². The Morgan fingerprint density at radius 3 is 2.04 bits per heavy atom. The summed E-state index contributed by atoms with van der Waals surface area (Å²) in [7, 11) is 0. The van der Waals surface area contributed by atoms with Crippen molar-refractivity contribution in [3.8, 4) is 11.5 Å². The maximum absolute atomic E-state index is 11.1. The third kappa shape index (κ3) is 3.13. The highest BCUT2D eigenvalue weighted by atomic mass is 35.5. The molecule has 5 nitrogen and oxygen atoms in total. The summed E-state index contributed by atoms with van der Waals surface area (Å²) in [4.78, 5) is 10.7. The lowest BCUT2D eigenvalue weighted by Gasteiger charge is -2.22. The summed E-state index contributed by atoms with van der Waals surface area (Å²) in [5.41, 5.74) is 1.26. The lowest BCUT2D eigenvalue weighted by molar-refractivity contribution is -0.484. The molecular weight excluding hydrogens is 341 g/mol. The zero-order chi connectivity index (χ0) is 16.6. The third-order valence-corrected chi connectivity index (χ3v) is 4.46. The summed E-state index contributed by atoms with van der Waals surface area (Å²) < 4.78 is 5.91. The van der Waals surface area contributed by atoms with E-state index >= 15 is 0 Å². The van der Waals surface area contributed by atoms with Gasteiger partial charge in [-0.25, -0.2) is 0 Å². The molecule has 0 saturated carbocycles. The molecule has 0 spiro atoms. The van der Waals surface area contributed by atoms with Crippen LogP contribution in [0.3, 0.4) is 0 Å². The van der Waals surface area contributed by atoms with Crippen LogP contribution >= 0.6 is 23.2 Å². The number of aliphatic hydroxyl groups excluding tert-OH is 1. The van der Waals surface area contributed by atoms with Crippen LogP contribution in [-0.4, -0.2) is 23.2 Å². The van der Waals surface area contributed by atoms with E-state index in [-0.39, 0.29) is 13.2 Å². The van der Waals surface area contributed by atoms with E-state index in [0.29, 0.717) is 32.7 Å². The van der Waals surface area contributed by atoms with Crippen molar-refractivity contribution >= 4 is 23.2 Å². The molecule has 2 atom stereocenters. The van der Waals surface area contributed by atoms with Crippen molar-refractivity contribution in [2.45, 2.75) is 11.8 Å². The normalized spacial score (nSPS) is 19.3. The molecule has 23 heavy (non-hydrogen) atoms. The molecular formula is C16H13Cl2NO4. The lowest BCUT2D eigenvalue weighted by atomic mass is 9.82. The molecule has 1 heterocycles. The number of hydrogen-bond acceptors (Lipinski definition) is 4. The van der Waals surface area contributed by atoms with Crippen LogP contribution in [-0.2, 0) is 0 Å². The average molecular weight is 354 g/mol. The molecule has 0 aliphatic carbocycles. The van der Waals surface area contributed by atoms with Crippen LogP contribution in [0.4, 0.5) is 0 Å². The van der Waals surface area contributed by atoms with Crippen molar-refractivity contribution in [1.82, 2.24) is 0 Å². The van der Waals surface area contributed by atoms with Crippen LogP contribution in [0.2, 0.25) is 10.0 Å². The number of halogens is 2. The topological polar surface area (TPSA) is 72.6 Å². The van der Waals surface area contributed by atoms with Crippen molar-refractivity contribution in [2.24, 2.45) is 0 Å². The Bertz CT molecular complexity index is 766. The van der Waals surface area contributed by atoms with Crippen LogP contribution in [0.1, 0.15) is 23.0 Å². The van der Waals surface area contributed by atoms with Crippen LogP contribution < -0.4 is 4.74 Å². The Morgan fingerprint density at radius 2 is 1.57 bits per heavy atom. The molecule has 0 unspecified atom stereocenters. The molecule has 1 aliphatic heterocycles. The predicted octanol–water partition coefficient (Wildman–Crippen LogP) is 4.24. The number of fused-ring (bicyclic) bond motifs is 2. The molecule has 1 N–H and O–H groups in total. The van der Waals surface area contributed by atoms with Gasteiger partial charge in [0.1, 0.15) is 11.5 Å². The van der Waals surface area contributed by atoms with Gasteiger partial charge in [0.2, 0.25) is 6.54 Å². The fourth-order valence-corrected chi connectivity index (χ4v) is 3.33. The second-order valence-electron chi connectivity index (χ2n) is 5.38. The zero-order valence-electron chi connectivity index (χ0n) is 11.9. The number of ether oxygens (including phenoxy) is 1. The first-order chi connectivity index (χ1) is 11.0. The highest BCUT2D eigenvalue weighted by Crippen LogP contribution is 2.47. The Labute approximate surface area is 142 Å². The summed E-state index contributed by atoms with van der Waals surface area (Å²) in [6.07, 6.45) is 0. The van der Waals surface area contributed by atoms with Crippen LogP contribution in [0.25, 0.3) is 0 Å². The summed E-state index contributed by atoms with van der Waals surface area (Å²) in [5.74, 6) is -0.0409. The number of nitrogens with zero attached hydrogens (tertiary/aromatic N) is 1. The van der Waals surface area contributed by atoms with Crippen molar-refractivity contribution in [3.05, 3.63) is 67.7 Å². The Morgan fingerprint density at radius 1 is 1.04 bits per heavy atom. The summed E-state index contributed by atoms with van der Waals surface area (Å²) in [6.45, 7) is -0.602. The number of aliphatic hydroxyl groups is 1. The molecule has 0 aromatic heterocycles. The minimum absolute atomic E-state index is 0.263. The van der Waals surface area contributed by atoms with E-state index in [4.69, 9.17) is 27.9 Å². The smallest absolute Gasteiger partial charge is 0.211 e. The third-order valence-electron chi connectivity index (χ3n) is 3.99. The molecule has 0 fully saturated rings. The number of hydrogen-bond donors (Lipinski definition) is 1. The molecule has 1 aliphatic rings. The Hall–Kier alpha value is -1.82. The fraction of sp³-hybridized carbons (Fsp3) is 0.250. The van der Waals surface area contributed by atoms with Gasteiger partial charge in [0.25, 0.3) is 0 Å². The van der Waals surface area contributed by atoms with Crippen LogP contribution in [0, 0.1) is 10.1 Å². The van der Waals surface area contributed by atoms with Gasteiger partial charge in [-0.15, -0.1) is 0 Å². The second-order valence-corrected chi connectivity index (χ2v) is 6.25. The van der Waals surface area contributed by atoms with E-state index in [1.165, 1.54) is 0 Å². The lowest BCUT2D eigenvalue weighted by Crippen LogP contribution is -2.22. The molecule has 0 amide bonds. The van der Waals surface area contributed by atoms with E-state index in [0.717, 1.165) is 0 Å². The quantitative estimate of drug-likeness (QED) is 0.661. The number of rotatable bonds is 3. The van der Waals surface area contributed by atoms with Gasteiger partial charge < -0.3 is 9.84 Å². The van der Waals surface area contributed by atoms with E-state index in [9.17, 15) is 15.2 Å². The minimum atomic E-state index is -0.566. The van der Waals surface area contributed by atoms with Crippen LogP contribution in [0.5, 0.6) is 11.5 Å². The van der Waals surface area contributed by atoms with E-state index in [1.807, 2.05) is 0 Å². The van der Waals surface area contributed by atoms with Crippen molar-refractivity contribution in [3.63, 3.8) is 0 Å². The van der Waals surface area contributed by atoms with Gasteiger partial charge in [-0.2, -0.15) is 0 Å². The van der Waals surface area contributed by atoms with Crippen LogP contribution in [0.15, 0.2) is 36.4 Å². The molecule has 0 saturated heterocycles. The molecule has 2 aromatic rings. The molecule has 0 radical (unpaired) electrons. The van der Waals surface area contributed by atoms with Crippen molar-refractivity contribution in [1.29, 1.82) is 0 Å². The highest BCUT2D eigenvalue weighted by Gasteiger charge is 2.36. The maximum Gasteiger partial charge on any atom is 0.211 e. The van der Waals surface area contributed by atoms with Crippen molar-refractivity contribution < 1.29 is 14.8 Å². The largest absolute Gasteiger partial charge is 0.457 e. The number of benzene rings is 2. The monoisotopic (exact) mass is 353 g/mol. The fourth-order valence-electron chi connectivity index (χ4n) is 2.97. The molecule has 120 valence electrons. The SMILES string of the molecule is O=[N+]([O-])C[C@H]1c2cc(Cl)ccc2Oc2ccc(Cl)cc2[C@@H]1CO. The van der Waals surface area contributed by atoms with Crippen molar-refractivity contribution in [2.75, 3.05) is 13.2 Å². The van der Waals surface area contributed by atoms with Gasteiger partial charge in [-0.3, -0.25) is 10.1 Å². The first-order valence-electron chi connectivity index (χ1n) is 6.99. The Kier molecular flexibility index (Phi) is 4.43. The maximum atomic E-state index is 11.1. The predicted molar refractivity (Wildman–Crippen MR) is 87.4 cm³/mol. The van der Waals surface area contributed by atoms with Gasteiger partial charge in [0, 0.05) is 32.0 Å². The first kappa shape index (κ1) is 16.1. The second kappa shape index (κ2) is 6.35. The van der Waals surface area contributed by atoms with Gasteiger partial charge in [-0.1, -0.05) is 23.2 Å². The molecule has 7 heteroatoms. The zero-order valence-corrected chi connectivity index (χ0v) is 13.4. The Balaban J connectivity index is 2.22. The van der Waals surface area contributed by atoms with Gasteiger partial charge >= 0.3 is 0 Å². The first-order valence-corrected chi connectivity index (χ1v) is 7.74. The standard InChI is InChI=1S/C16H13Cl2NO4/c17-9-1-3-15-11(5-9)13(7-19(21)22)14(8-20)12-6-10(18)2-4-16(12)23-15/h1-6,13-14,20H,7-8H2/t13-,14-/m0/s1. The average Bonchev–Trinajstić information content (AvgIpc) is 2.61. The van der Waals surface area contributed by atoms with E-state index in [1.54, 1.807) is 36.4 Å². The summed E-state index contributed by atoms with van der Waals surface area (Å²) in [6, 6.07) is 10.1. The van der Waals surface area contributed by atoms with Gasteiger partial charge in [-0.05, 0) is 36.4 Å². The van der Waals surface area contributed by atoms with E-state index < -0.39 is 16.8 Å². The summed E-state index contributed by atoms with van der Waals surface area (Å²) >= 11 is 12.1. The van der Waals surface area contributed by atoms with Gasteiger partial charge in [0.15, 0.2) is 0 Å². The highest BCUT2D eigenvalue weighted by molar-refractivity contribution is 6.31. The van der Waals surface area contributed by atoms with E-state index in [2.05, 4.69) is 0 Å².